The number of methoxy groups -OCH3 is 1. The lowest BCUT2D eigenvalue weighted by Gasteiger charge is -2.27. The van der Waals surface area contributed by atoms with Gasteiger partial charge < -0.3 is 20.7 Å². The lowest BCUT2D eigenvalue weighted by molar-refractivity contribution is 0.0251. The van der Waals surface area contributed by atoms with Crippen LogP contribution in [0.1, 0.15) is 54.4 Å². The van der Waals surface area contributed by atoms with Crippen molar-refractivity contribution in [3.05, 3.63) is 56.4 Å². The Hall–Kier alpha value is -2.82. The molecular formula is C22H30N4O6. The molecule has 0 spiro atoms. The maximum atomic E-state index is 12.9. The molecular weight excluding hydrogens is 416 g/mol. The summed E-state index contributed by atoms with van der Waals surface area (Å²) in [5.41, 5.74) is 4.30. The van der Waals surface area contributed by atoms with E-state index in [9.17, 15) is 24.6 Å². The molecule has 10 nitrogen and oxygen atoms in total. The quantitative estimate of drug-likeness (QED) is 0.488. The predicted molar refractivity (Wildman–Crippen MR) is 117 cm³/mol. The van der Waals surface area contributed by atoms with Crippen molar-refractivity contribution < 1.29 is 19.7 Å². The van der Waals surface area contributed by atoms with Gasteiger partial charge in [0.1, 0.15) is 6.20 Å². The number of carbonyl (C=O) groups is 1. The second-order valence-electron chi connectivity index (χ2n) is 8.42. The van der Waals surface area contributed by atoms with E-state index in [1.165, 1.54) is 13.2 Å². The van der Waals surface area contributed by atoms with Gasteiger partial charge in [-0.25, -0.2) is 4.79 Å². The molecule has 174 valence electrons. The summed E-state index contributed by atoms with van der Waals surface area (Å²) in [4.78, 5) is 37.1. The molecule has 1 unspecified atom stereocenters. The average Bonchev–Trinajstić information content (AvgIpc) is 2.96. The van der Waals surface area contributed by atoms with Crippen molar-refractivity contribution in [1.82, 2.24) is 14.3 Å². The third-order valence-corrected chi connectivity index (χ3v) is 5.87. The molecule has 1 amide bonds. The molecule has 4 N–H and O–H groups in total. The first-order valence-electron chi connectivity index (χ1n) is 10.8. The van der Waals surface area contributed by atoms with Crippen LogP contribution in [-0.2, 0) is 17.7 Å². The van der Waals surface area contributed by atoms with Crippen LogP contribution in [0, 0.1) is 0 Å². The Morgan fingerprint density at radius 3 is 2.56 bits per heavy atom. The van der Waals surface area contributed by atoms with Crippen LogP contribution in [0.15, 0.2) is 34.0 Å². The van der Waals surface area contributed by atoms with Gasteiger partial charge in [-0.15, -0.1) is 0 Å². The molecule has 1 aliphatic rings. The zero-order valence-corrected chi connectivity index (χ0v) is 18.2. The molecule has 1 heterocycles. The molecule has 2 aromatic rings. The lowest BCUT2D eigenvalue weighted by atomic mass is 9.85. The normalized spacial score (nSPS) is 17.0. The van der Waals surface area contributed by atoms with Gasteiger partial charge in [-0.1, -0.05) is 31.7 Å². The summed E-state index contributed by atoms with van der Waals surface area (Å²) in [6.07, 6.45) is 5.52. The number of hydrogen-bond acceptors (Lipinski definition) is 7. The minimum absolute atomic E-state index is 0.0440. The summed E-state index contributed by atoms with van der Waals surface area (Å²) < 4.78 is 6.66. The van der Waals surface area contributed by atoms with Crippen LogP contribution in [0.4, 0.5) is 0 Å². The van der Waals surface area contributed by atoms with E-state index in [1.54, 1.807) is 12.1 Å². The molecule has 10 heteroatoms. The van der Waals surface area contributed by atoms with Gasteiger partial charge >= 0.3 is 5.69 Å². The number of rotatable bonds is 8. The fraction of sp³-hybridized carbons (Fsp3) is 0.545. The van der Waals surface area contributed by atoms with Crippen molar-refractivity contribution in [3.8, 4) is 5.69 Å². The topological polar surface area (TPSA) is 150 Å². The molecule has 1 atom stereocenters. The summed E-state index contributed by atoms with van der Waals surface area (Å²) in [6.45, 7) is -0.306. The Kier molecular flexibility index (Phi) is 7.60. The molecule has 0 bridgehead atoms. The highest BCUT2D eigenvalue weighted by Gasteiger charge is 2.30. The maximum Gasteiger partial charge on any atom is 0.352 e. The number of amides is 1. The van der Waals surface area contributed by atoms with E-state index in [0.29, 0.717) is 18.4 Å². The van der Waals surface area contributed by atoms with Crippen LogP contribution >= 0.6 is 0 Å². The van der Waals surface area contributed by atoms with Crippen LogP contribution in [0.3, 0.4) is 0 Å². The Bertz CT molecular complexity index is 1070. The van der Waals surface area contributed by atoms with Gasteiger partial charge in [-0.05, 0) is 30.5 Å². The lowest BCUT2D eigenvalue weighted by Crippen LogP contribution is -2.43. The Morgan fingerprint density at radius 1 is 1.25 bits per heavy atom. The van der Waals surface area contributed by atoms with Crippen molar-refractivity contribution in [3.63, 3.8) is 0 Å². The number of nitrogens with two attached hydrogens (primary N) is 1. The van der Waals surface area contributed by atoms with E-state index in [1.807, 2.05) is 0 Å². The number of hydrogen-bond donors (Lipinski definition) is 3. The van der Waals surface area contributed by atoms with Crippen LogP contribution in [0.5, 0.6) is 0 Å². The first-order chi connectivity index (χ1) is 15.2. The SMILES string of the molecule is COCC(O)Cn1c(=O)cnn(-c2ccc(CC3(O)CCCCCC3)c(C(N)=O)c2)c1=O. The maximum absolute atomic E-state index is 12.9. The predicted octanol–water partition coefficient (Wildman–Crippen LogP) is 0.128. The van der Waals surface area contributed by atoms with Gasteiger partial charge in [0.2, 0.25) is 5.91 Å². The van der Waals surface area contributed by atoms with Crippen molar-refractivity contribution in [2.45, 2.75) is 63.2 Å². The van der Waals surface area contributed by atoms with Crippen molar-refractivity contribution in [2.24, 2.45) is 5.73 Å². The van der Waals surface area contributed by atoms with Gasteiger partial charge in [-0.3, -0.25) is 14.2 Å². The van der Waals surface area contributed by atoms with E-state index in [2.05, 4.69) is 5.10 Å². The summed E-state index contributed by atoms with van der Waals surface area (Å²) in [6, 6.07) is 4.69. The molecule has 1 aromatic carbocycles. The van der Waals surface area contributed by atoms with Crippen molar-refractivity contribution >= 4 is 5.91 Å². The second-order valence-corrected chi connectivity index (χ2v) is 8.42. The summed E-state index contributed by atoms with van der Waals surface area (Å²) >= 11 is 0. The number of carbonyl (C=O) groups excluding carboxylic acids is 1. The minimum Gasteiger partial charge on any atom is -0.390 e. The average molecular weight is 447 g/mol. The molecule has 3 rings (SSSR count). The fourth-order valence-corrected chi connectivity index (χ4v) is 4.23. The standard InChI is InChI=1S/C22H30N4O6/c1-32-14-17(27)13-25-19(28)12-24-26(21(25)30)16-7-6-15(18(10-16)20(23)29)11-22(31)8-4-2-3-5-9-22/h6-7,10,12,17,27,31H,2-5,8-9,11,13-14H2,1H3,(H2,23,29). The monoisotopic (exact) mass is 446 g/mol. The number of aliphatic hydroxyl groups is 2. The van der Waals surface area contributed by atoms with E-state index in [4.69, 9.17) is 10.5 Å². The van der Waals surface area contributed by atoms with Crippen LogP contribution < -0.4 is 17.0 Å². The van der Waals surface area contributed by atoms with E-state index in [-0.39, 0.29) is 30.8 Å². The zero-order chi connectivity index (χ0) is 23.3. The van der Waals surface area contributed by atoms with Crippen molar-refractivity contribution in [2.75, 3.05) is 13.7 Å². The molecule has 1 saturated carbocycles. The fourth-order valence-electron chi connectivity index (χ4n) is 4.23. The number of aromatic nitrogens is 3. The van der Waals surface area contributed by atoms with Crippen LogP contribution in [0.25, 0.3) is 5.69 Å². The molecule has 1 aromatic heterocycles. The molecule has 0 aliphatic heterocycles. The number of aliphatic hydroxyl groups excluding tert-OH is 1. The summed E-state index contributed by atoms with van der Waals surface area (Å²) in [5.74, 6) is -0.684. The van der Waals surface area contributed by atoms with Crippen molar-refractivity contribution in [1.29, 1.82) is 0 Å². The third-order valence-electron chi connectivity index (χ3n) is 5.87. The number of benzene rings is 1. The zero-order valence-electron chi connectivity index (χ0n) is 18.2. The second kappa shape index (κ2) is 10.2. The first-order valence-corrected chi connectivity index (χ1v) is 10.8. The Labute approximate surface area is 185 Å². The van der Waals surface area contributed by atoms with E-state index >= 15 is 0 Å². The highest BCUT2D eigenvalue weighted by molar-refractivity contribution is 5.95. The number of primary amides is 1. The highest BCUT2D eigenvalue weighted by Crippen LogP contribution is 2.31. The largest absolute Gasteiger partial charge is 0.390 e. The van der Waals surface area contributed by atoms with Gasteiger partial charge in [0.25, 0.3) is 5.56 Å². The molecule has 1 aliphatic carbocycles. The van der Waals surface area contributed by atoms with Gasteiger partial charge in [0.05, 0.1) is 30.5 Å². The van der Waals surface area contributed by atoms with Crippen LogP contribution in [0.2, 0.25) is 0 Å². The van der Waals surface area contributed by atoms with Gasteiger partial charge in [0, 0.05) is 19.1 Å². The molecule has 0 saturated heterocycles. The minimum atomic E-state index is -1.05. The smallest absolute Gasteiger partial charge is 0.352 e. The Balaban J connectivity index is 1.97. The highest BCUT2D eigenvalue weighted by atomic mass is 16.5. The molecule has 0 radical (unpaired) electrons. The third kappa shape index (κ3) is 5.50. The molecule has 32 heavy (non-hydrogen) atoms. The number of ether oxygens (including phenoxy) is 1. The first kappa shape index (κ1) is 23.8. The Morgan fingerprint density at radius 2 is 1.94 bits per heavy atom. The van der Waals surface area contributed by atoms with Gasteiger partial charge in [-0.2, -0.15) is 9.78 Å². The number of nitrogens with zero attached hydrogens (tertiary/aromatic N) is 3. The van der Waals surface area contributed by atoms with Crippen LogP contribution in [-0.4, -0.2) is 55.9 Å². The summed E-state index contributed by atoms with van der Waals surface area (Å²) in [7, 11) is 1.40. The summed E-state index contributed by atoms with van der Waals surface area (Å²) in [5, 5.41) is 24.9. The van der Waals surface area contributed by atoms with Gasteiger partial charge in [0.15, 0.2) is 0 Å². The van der Waals surface area contributed by atoms with E-state index in [0.717, 1.165) is 41.1 Å². The van der Waals surface area contributed by atoms with E-state index < -0.39 is 28.9 Å². The molecule has 1 fully saturated rings.